The summed E-state index contributed by atoms with van der Waals surface area (Å²) in [7, 11) is 0. The molecule has 0 fully saturated rings. The van der Waals surface area contributed by atoms with E-state index >= 15 is 0 Å². The van der Waals surface area contributed by atoms with Crippen LogP contribution in [0, 0.1) is 0 Å². The van der Waals surface area contributed by atoms with Crippen molar-refractivity contribution in [1.82, 2.24) is 15.5 Å². The molecule has 7 heteroatoms. The number of halogens is 2. The van der Waals surface area contributed by atoms with Crippen LogP contribution in [0.4, 0.5) is 0 Å². The Morgan fingerprint density at radius 3 is 2.55 bits per heavy atom. The molecule has 0 spiro atoms. The molecule has 3 nitrogen and oxygen atoms in total. The highest BCUT2D eigenvalue weighted by molar-refractivity contribution is 7.21. The van der Waals surface area contributed by atoms with Crippen molar-refractivity contribution in [3.8, 4) is 10.6 Å². The fourth-order valence-corrected chi connectivity index (χ4v) is 4.14. The minimum atomic E-state index is 0.160. The van der Waals surface area contributed by atoms with Crippen molar-refractivity contribution in [2.75, 3.05) is 6.54 Å². The first-order chi connectivity index (χ1) is 9.35. The summed E-state index contributed by atoms with van der Waals surface area (Å²) < 4.78 is 1.35. The number of thiophene rings is 1. The van der Waals surface area contributed by atoms with Crippen molar-refractivity contribution >= 4 is 45.9 Å². The fraction of sp³-hybridized carbons (Fsp3) is 0.538. The molecule has 0 saturated carbocycles. The summed E-state index contributed by atoms with van der Waals surface area (Å²) in [6, 6.07) is 1.85. The Kier molecular flexibility index (Phi) is 5.42. The predicted molar refractivity (Wildman–Crippen MR) is 89.3 cm³/mol. The second-order valence-corrected chi connectivity index (χ2v) is 8.87. The third-order valence-corrected chi connectivity index (χ3v) is 5.08. The first-order valence-electron chi connectivity index (χ1n) is 6.38. The zero-order valence-corrected chi connectivity index (χ0v) is 14.8. The van der Waals surface area contributed by atoms with Gasteiger partial charge in [0.15, 0.2) is 0 Å². The lowest BCUT2D eigenvalue weighted by Crippen LogP contribution is -2.36. The molecule has 0 bridgehead atoms. The van der Waals surface area contributed by atoms with Crippen LogP contribution in [0.1, 0.15) is 32.2 Å². The minimum Gasteiger partial charge on any atom is -0.312 e. The van der Waals surface area contributed by atoms with Crippen molar-refractivity contribution in [1.29, 1.82) is 0 Å². The molecule has 20 heavy (non-hydrogen) atoms. The molecule has 0 aliphatic carbocycles. The van der Waals surface area contributed by atoms with Crippen LogP contribution in [0.25, 0.3) is 10.6 Å². The molecule has 0 saturated heterocycles. The van der Waals surface area contributed by atoms with Crippen molar-refractivity contribution in [3.63, 3.8) is 0 Å². The van der Waals surface area contributed by atoms with Gasteiger partial charge < -0.3 is 5.32 Å². The number of hydrogen-bond acceptors (Lipinski definition) is 5. The SMILES string of the molecule is CC(C)(C)NCCCc1nnc(-c2cc(Cl)sc2Cl)s1. The van der Waals surface area contributed by atoms with Crippen LogP contribution in [-0.4, -0.2) is 22.3 Å². The first-order valence-corrected chi connectivity index (χ1v) is 8.77. The molecule has 0 aliphatic heterocycles. The predicted octanol–water partition coefficient (Wildman–Crippen LogP) is 4.89. The number of aryl methyl sites for hydroxylation is 1. The first kappa shape index (κ1) is 16.2. The molecule has 110 valence electrons. The van der Waals surface area contributed by atoms with Gasteiger partial charge in [0.1, 0.15) is 14.4 Å². The van der Waals surface area contributed by atoms with Crippen LogP contribution in [-0.2, 0) is 6.42 Å². The number of hydrogen-bond donors (Lipinski definition) is 1. The van der Waals surface area contributed by atoms with Crippen LogP contribution < -0.4 is 5.32 Å². The summed E-state index contributed by atoms with van der Waals surface area (Å²) in [5.74, 6) is 0. The molecule has 0 aromatic carbocycles. The van der Waals surface area contributed by atoms with E-state index in [1.54, 1.807) is 11.3 Å². The Hall–Kier alpha value is -0.200. The highest BCUT2D eigenvalue weighted by atomic mass is 35.5. The molecule has 2 aromatic heterocycles. The maximum Gasteiger partial charge on any atom is 0.150 e. The minimum absolute atomic E-state index is 0.160. The quantitative estimate of drug-likeness (QED) is 0.780. The van der Waals surface area contributed by atoms with Crippen LogP contribution in [0.5, 0.6) is 0 Å². The van der Waals surface area contributed by atoms with Crippen molar-refractivity contribution < 1.29 is 0 Å². The van der Waals surface area contributed by atoms with Crippen LogP contribution >= 0.6 is 45.9 Å². The molecule has 2 rings (SSSR count). The van der Waals surface area contributed by atoms with Gasteiger partial charge in [-0.1, -0.05) is 34.5 Å². The summed E-state index contributed by atoms with van der Waals surface area (Å²) >= 11 is 15.0. The second-order valence-electron chi connectivity index (χ2n) is 5.52. The number of nitrogens with zero attached hydrogens (tertiary/aromatic N) is 2. The van der Waals surface area contributed by atoms with Gasteiger partial charge in [0.25, 0.3) is 0 Å². The van der Waals surface area contributed by atoms with Gasteiger partial charge in [0, 0.05) is 17.5 Å². The van der Waals surface area contributed by atoms with Gasteiger partial charge in [-0.2, -0.15) is 0 Å². The zero-order valence-electron chi connectivity index (χ0n) is 11.7. The van der Waals surface area contributed by atoms with Crippen molar-refractivity contribution in [2.24, 2.45) is 0 Å². The summed E-state index contributed by atoms with van der Waals surface area (Å²) in [5, 5.41) is 13.8. The molecular formula is C13H17Cl2N3S2. The average Bonchev–Trinajstić information content (AvgIpc) is 2.90. The number of aromatic nitrogens is 2. The van der Waals surface area contributed by atoms with Gasteiger partial charge in [0.05, 0.1) is 4.34 Å². The highest BCUT2D eigenvalue weighted by Crippen LogP contribution is 2.39. The zero-order chi connectivity index (χ0) is 14.8. The Morgan fingerprint density at radius 1 is 1.20 bits per heavy atom. The van der Waals surface area contributed by atoms with E-state index in [4.69, 9.17) is 23.2 Å². The summed E-state index contributed by atoms with van der Waals surface area (Å²) in [5.41, 5.74) is 1.05. The van der Waals surface area contributed by atoms with Gasteiger partial charge >= 0.3 is 0 Å². The Balaban J connectivity index is 1.91. The van der Waals surface area contributed by atoms with E-state index < -0.39 is 0 Å². The lowest BCUT2D eigenvalue weighted by atomic mass is 10.1. The average molecular weight is 350 g/mol. The van der Waals surface area contributed by atoms with Crippen LogP contribution in [0.3, 0.4) is 0 Å². The summed E-state index contributed by atoms with van der Waals surface area (Å²) in [4.78, 5) is 0. The third-order valence-electron chi connectivity index (χ3n) is 2.58. The fourth-order valence-electron chi connectivity index (χ4n) is 1.65. The molecule has 1 N–H and O–H groups in total. The van der Waals surface area contributed by atoms with E-state index in [0.29, 0.717) is 8.67 Å². The number of nitrogens with one attached hydrogen (secondary N) is 1. The lowest BCUT2D eigenvalue weighted by Gasteiger charge is -2.20. The van der Waals surface area contributed by atoms with Crippen molar-refractivity contribution in [3.05, 3.63) is 19.7 Å². The molecule has 2 heterocycles. The molecule has 0 amide bonds. The molecular weight excluding hydrogens is 333 g/mol. The van der Waals surface area contributed by atoms with E-state index in [-0.39, 0.29) is 5.54 Å². The number of rotatable bonds is 5. The van der Waals surface area contributed by atoms with Gasteiger partial charge in [0.2, 0.25) is 0 Å². The van der Waals surface area contributed by atoms with Gasteiger partial charge in [-0.05, 0) is 39.8 Å². The summed E-state index contributed by atoms with van der Waals surface area (Å²) in [6.45, 7) is 7.47. The maximum absolute atomic E-state index is 6.13. The molecule has 0 aliphatic rings. The maximum atomic E-state index is 6.13. The van der Waals surface area contributed by atoms with E-state index in [9.17, 15) is 0 Å². The van der Waals surface area contributed by atoms with Gasteiger partial charge in [-0.3, -0.25) is 0 Å². The Bertz CT molecular complexity index is 572. The lowest BCUT2D eigenvalue weighted by molar-refractivity contribution is 0.422. The van der Waals surface area contributed by atoms with E-state index in [0.717, 1.165) is 35.0 Å². The van der Waals surface area contributed by atoms with Crippen LogP contribution in [0.2, 0.25) is 8.67 Å². The van der Waals surface area contributed by atoms with Gasteiger partial charge in [-0.15, -0.1) is 21.5 Å². The highest BCUT2D eigenvalue weighted by Gasteiger charge is 2.14. The van der Waals surface area contributed by atoms with E-state index in [1.165, 1.54) is 11.3 Å². The smallest absolute Gasteiger partial charge is 0.150 e. The van der Waals surface area contributed by atoms with E-state index in [1.807, 2.05) is 6.07 Å². The van der Waals surface area contributed by atoms with E-state index in [2.05, 4.69) is 36.3 Å². The Labute approximate surface area is 137 Å². The molecule has 2 aromatic rings. The third kappa shape index (κ3) is 4.67. The molecule has 0 unspecified atom stereocenters. The molecule has 0 atom stereocenters. The van der Waals surface area contributed by atoms with Crippen molar-refractivity contribution in [2.45, 2.75) is 39.2 Å². The Morgan fingerprint density at radius 2 is 1.95 bits per heavy atom. The monoisotopic (exact) mass is 349 g/mol. The van der Waals surface area contributed by atoms with Gasteiger partial charge in [-0.25, -0.2) is 0 Å². The topological polar surface area (TPSA) is 37.8 Å². The standard InChI is InChI=1S/C13H17Cl2N3S2/c1-13(2,3)16-6-4-5-10-17-18-12(20-10)8-7-9(14)19-11(8)15/h7,16H,4-6H2,1-3H3. The molecule has 0 radical (unpaired) electrons. The summed E-state index contributed by atoms with van der Waals surface area (Å²) in [6.07, 6.45) is 1.97. The largest absolute Gasteiger partial charge is 0.312 e. The second kappa shape index (κ2) is 6.71. The van der Waals surface area contributed by atoms with Crippen LogP contribution in [0.15, 0.2) is 6.07 Å². The normalized spacial score (nSPS) is 12.1.